The van der Waals surface area contributed by atoms with Gasteiger partial charge in [0.25, 0.3) is 0 Å². The highest BCUT2D eigenvalue weighted by Crippen LogP contribution is 2.30. The van der Waals surface area contributed by atoms with E-state index in [9.17, 15) is 14.7 Å². The summed E-state index contributed by atoms with van der Waals surface area (Å²) in [5.41, 5.74) is 0. The maximum Gasteiger partial charge on any atom is 0.309 e. The number of hydrogen-bond acceptors (Lipinski definition) is 4. The number of esters is 1. The third-order valence-corrected chi connectivity index (χ3v) is 2.57. The van der Waals surface area contributed by atoms with Crippen molar-refractivity contribution in [1.29, 1.82) is 0 Å². The summed E-state index contributed by atoms with van der Waals surface area (Å²) in [5.74, 6) is -2.70. The van der Waals surface area contributed by atoms with Crippen LogP contribution in [0.1, 0.15) is 25.7 Å². The van der Waals surface area contributed by atoms with Crippen LogP contribution in [0, 0.1) is 11.8 Å². The lowest BCUT2D eigenvalue weighted by Crippen LogP contribution is -2.41. The summed E-state index contributed by atoms with van der Waals surface area (Å²) in [7, 11) is 1.28. The molecule has 0 amide bonds. The maximum atomic E-state index is 11.2. The lowest BCUT2D eigenvalue weighted by molar-refractivity contribution is -0.314. The Morgan fingerprint density at radius 1 is 1.23 bits per heavy atom. The fourth-order valence-electron chi connectivity index (χ4n) is 1.85. The van der Waals surface area contributed by atoms with Crippen LogP contribution in [0.4, 0.5) is 0 Å². The van der Waals surface area contributed by atoms with Crippen LogP contribution in [0.2, 0.25) is 0 Å². The molecule has 1 aliphatic carbocycles. The van der Waals surface area contributed by atoms with Gasteiger partial charge in [-0.1, -0.05) is 12.8 Å². The minimum Gasteiger partial charge on any atom is -0.550 e. The number of hydrogen-bond donors (Lipinski definition) is 0. The van der Waals surface area contributed by atoms with Gasteiger partial charge in [-0.05, 0) is 12.8 Å². The van der Waals surface area contributed by atoms with Gasteiger partial charge in [-0.25, -0.2) is 0 Å². The molecular weight excluding hydrogens is 172 g/mol. The standard InChI is InChI=1S/C9H14O4/c1-13-9(12)7-5-3-2-4-6(7)8(10)11/h6-7H,2-5H2,1H3,(H,10,11)/p-1/t6-,7-/m1/s1. The molecule has 0 spiro atoms. The highest BCUT2D eigenvalue weighted by molar-refractivity contribution is 5.80. The van der Waals surface area contributed by atoms with Crippen LogP contribution in [-0.4, -0.2) is 19.0 Å². The minimum absolute atomic E-state index is 0.422. The highest BCUT2D eigenvalue weighted by Gasteiger charge is 2.32. The average Bonchev–Trinajstić information content (AvgIpc) is 2.16. The SMILES string of the molecule is COC(=O)[C@@H]1CCCC[C@H]1C(=O)[O-]. The van der Waals surface area contributed by atoms with Crippen molar-refractivity contribution in [2.24, 2.45) is 11.8 Å². The molecule has 0 heterocycles. The molecule has 0 radical (unpaired) electrons. The first-order chi connectivity index (χ1) is 6.16. The van der Waals surface area contributed by atoms with Gasteiger partial charge < -0.3 is 14.6 Å². The minimum atomic E-state index is -1.13. The fraction of sp³-hybridized carbons (Fsp3) is 0.778. The van der Waals surface area contributed by atoms with Crippen LogP contribution in [0.5, 0.6) is 0 Å². The number of ether oxygens (including phenoxy) is 1. The van der Waals surface area contributed by atoms with Crippen molar-refractivity contribution in [3.05, 3.63) is 0 Å². The van der Waals surface area contributed by atoms with E-state index in [0.29, 0.717) is 12.8 Å². The summed E-state index contributed by atoms with van der Waals surface area (Å²) < 4.78 is 4.54. The van der Waals surface area contributed by atoms with Crippen LogP contribution in [-0.2, 0) is 14.3 Å². The number of methoxy groups -OCH3 is 1. The topological polar surface area (TPSA) is 66.4 Å². The molecule has 1 saturated carbocycles. The molecule has 1 rings (SSSR count). The number of rotatable bonds is 2. The summed E-state index contributed by atoms with van der Waals surface area (Å²) in [4.78, 5) is 21.8. The van der Waals surface area contributed by atoms with Gasteiger partial charge >= 0.3 is 5.97 Å². The zero-order valence-electron chi connectivity index (χ0n) is 7.62. The summed E-state index contributed by atoms with van der Waals surface area (Å²) in [6.07, 6.45) is 2.88. The summed E-state index contributed by atoms with van der Waals surface area (Å²) in [6, 6.07) is 0. The van der Waals surface area contributed by atoms with E-state index in [-0.39, 0.29) is 0 Å². The molecule has 0 saturated heterocycles. The van der Waals surface area contributed by atoms with Gasteiger partial charge in [0.15, 0.2) is 0 Å². The number of carbonyl (C=O) groups is 2. The zero-order chi connectivity index (χ0) is 9.84. The zero-order valence-corrected chi connectivity index (χ0v) is 7.62. The number of carbonyl (C=O) groups excluding carboxylic acids is 2. The quantitative estimate of drug-likeness (QED) is 0.555. The second kappa shape index (κ2) is 4.25. The van der Waals surface area contributed by atoms with Crippen LogP contribution >= 0.6 is 0 Å². The normalized spacial score (nSPS) is 28.1. The van der Waals surface area contributed by atoms with E-state index >= 15 is 0 Å². The van der Waals surface area contributed by atoms with Gasteiger partial charge in [0.2, 0.25) is 0 Å². The van der Waals surface area contributed by atoms with E-state index in [1.165, 1.54) is 7.11 Å². The van der Waals surface area contributed by atoms with Gasteiger partial charge in [0, 0.05) is 11.9 Å². The molecule has 0 N–H and O–H groups in total. The van der Waals surface area contributed by atoms with Crippen molar-refractivity contribution < 1.29 is 19.4 Å². The smallest absolute Gasteiger partial charge is 0.309 e. The van der Waals surface area contributed by atoms with Crippen molar-refractivity contribution in [3.8, 4) is 0 Å². The Bertz CT molecular complexity index is 212. The third kappa shape index (κ3) is 2.20. The number of carboxylic acids is 1. The van der Waals surface area contributed by atoms with Gasteiger partial charge in [0.05, 0.1) is 13.0 Å². The first-order valence-corrected chi connectivity index (χ1v) is 4.45. The molecule has 0 unspecified atom stereocenters. The predicted octanol–water partition coefficient (Wildman–Crippen LogP) is -0.284. The van der Waals surface area contributed by atoms with E-state index in [1.54, 1.807) is 0 Å². The van der Waals surface area contributed by atoms with Crippen molar-refractivity contribution in [3.63, 3.8) is 0 Å². The highest BCUT2D eigenvalue weighted by atomic mass is 16.5. The predicted molar refractivity (Wildman–Crippen MR) is 42.5 cm³/mol. The van der Waals surface area contributed by atoms with Gasteiger partial charge in [0.1, 0.15) is 0 Å². The first kappa shape index (κ1) is 10.0. The van der Waals surface area contributed by atoms with E-state index < -0.39 is 23.8 Å². The molecule has 0 aromatic rings. The lowest BCUT2D eigenvalue weighted by atomic mass is 9.79. The summed E-state index contributed by atoms with van der Waals surface area (Å²) in [5, 5.41) is 10.7. The molecule has 74 valence electrons. The molecule has 0 aliphatic heterocycles. The first-order valence-electron chi connectivity index (χ1n) is 4.45. The van der Waals surface area contributed by atoms with Gasteiger partial charge in [-0.15, -0.1) is 0 Å². The fourth-order valence-corrected chi connectivity index (χ4v) is 1.85. The Labute approximate surface area is 76.9 Å². The third-order valence-electron chi connectivity index (χ3n) is 2.57. The maximum absolute atomic E-state index is 11.2. The Hall–Kier alpha value is -1.06. The monoisotopic (exact) mass is 185 g/mol. The van der Waals surface area contributed by atoms with E-state index in [2.05, 4.69) is 4.74 Å². The van der Waals surface area contributed by atoms with E-state index in [0.717, 1.165) is 12.8 Å². The summed E-state index contributed by atoms with van der Waals surface area (Å²) in [6.45, 7) is 0. The van der Waals surface area contributed by atoms with E-state index in [1.807, 2.05) is 0 Å². The van der Waals surface area contributed by atoms with E-state index in [4.69, 9.17) is 0 Å². The molecule has 13 heavy (non-hydrogen) atoms. The second-order valence-electron chi connectivity index (χ2n) is 3.34. The number of carboxylic acid groups (broad SMARTS) is 1. The van der Waals surface area contributed by atoms with Crippen LogP contribution < -0.4 is 5.11 Å². The van der Waals surface area contributed by atoms with Crippen molar-refractivity contribution in [2.45, 2.75) is 25.7 Å². The lowest BCUT2D eigenvalue weighted by Gasteiger charge is -2.29. The molecule has 0 bridgehead atoms. The largest absolute Gasteiger partial charge is 0.550 e. The van der Waals surface area contributed by atoms with Gasteiger partial charge in [-0.2, -0.15) is 0 Å². The molecule has 1 aliphatic rings. The summed E-state index contributed by atoms with van der Waals surface area (Å²) >= 11 is 0. The molecular formula is C9H13O4-. The van der Waals surface area contributed by atoms with Crippen molar-refractivity contribution in [2.75, 3.05) is 7.11 Å². The van der Waals surface area contributed by atoms with Crippen molar-refractivity contribution in [1.82, 2.24) is 0 Å². The molecule has 4 heteroatoms. The molecule has 1 fully saturated rings. The Balaban J connectivity index is 2.67. The number of aliphatic carboxylic acids is 1. The average molecular weight is 185 g/mol. The van der Waals surface area contributed by atoms with Crippen molar-refractivity contribution >= 4 is 11.9 Å². The van der Waals surface area contributed by atoms with Gasteiger partial charge in [-0.3, -0.25) is 4.79 Å². The molecule has 2 atom stereocenters. The van der Waals surface area contributed by atoms with Crippen LogP contribution in [0.15, 0.2) is 0 Å². The Morgan fingerprint density at radius 3 is 2.23 bits per heavy atom. The second-order valence-corrected chi connectivity index (χ2v) is 3.34. The molecule has 0 aromatic heterocycles. The Kier molecular flexibility index (Phi) is 3.28. The molecule has 0 aromatic carbocycles. The molecule has 4 nitrogen and oxygen atoms in total. The van der Waals surface area contributed by atoms with Crippen LogP contribution in [0.3, 0.4) is 0 Å². The Morgan fingerprint density at radius 2 is 1.77 bits per heavy atom. The van der Waals surface area contributed by atoms with Crippen LogP contribution in [0.25, 0.3) is 0 Å².